The summed E-state index contributed by atoms with van der Waals surface area (Å²) >= 11 is 0. The van der Waals surface area contributed by atoms with Crippen molar-refractivity contribution in [3.8, 4) is 0 Å². The molecule has 1 aromatic carbocycles. The van der Waals surface area contributed by atoms with Crippen molar-refractivity contribution in [2.45, 2.75) is 13.0 Å². The molecule has 0 aromatic heterocycles. The van der Waals surface area contributed by atoms with Gasteiger partial charge in [0.2, 0.25) is 0 Å². The van der Waals surface area contributed by atoms with Crippen molar-refractivity contribution in [1.82, 2.24) is 0 Å². The highest BCUT2D eigenvalue weighted by atomic mass is 16.5. The van der Waals surface area contributed by atoms with E-state index in [4.69, 9.17) is 10.5 Å². The lowest BCUT2D eigenvalue weighted by molar-refractivity contribution is 0.0467. The van der Waals surface area contributed by atoms with Crippen molar-refractivity contribution in [3.63, 3.8) is 0 Å². The number of carbonyl (C=O) groups is 1. The maximum Gasteiger partial charge on any atom is 0.339 e. The van der Waals surface area contributed by atoms with Crippen molar-refractivity contribution < 1.29 is 9.53 Å². The zero-order valence-electron chi connectivity index (χ0n) is 7.86. The second-order valence-electron chi connectivity index (χ2n) is 3.20. The molecule has 2 N–H and O–H groups in total. The number of cyclic esters (lactones) is 1. The summed E-state index contributed by atoms with van der Waals surface area (Å²) < 4.78 is 5.15. The van der Waals surface area contributed by atoms with Gasteiger partial charge >= 0.3 is 5.97 Å². The number of fused-ring (bicyclic) bond motifs is 1. The van der Waals surface area contributed by atoms with Crippen LogP contribution in [-0.2, 0) is 4.74 Å². The fourth-order valence-electron chi connectivity index (χ4n) is 1.56. The molecule has 1 heterocycles. The van der Waals surface area contributed by atoms with Crippen molar-refractivity contribution in [1.29, 1.82) is 0 Å². The Kier molecular flexibility index (Phi) is 2.00. The smallest absolute Gasteiger partial charge is 0.339 e. The number of ether oxygens (including phenoxy) is 1. The van der Waals surface area contributed by atoms with Crippen LogP contribution in [0.25, 0.3) is 0 Å². The lowest BCUT2D eigenvalue weighted by Crippen LogP contribution is -1.94. The van der Waals surface area contributed by atoms with Crippen molar-refractivity contribution in [2.75, 3.05) is 5.73 Å². The van der Waals surface area contributed by atoms with E-state index in [0.717, 1.165) is 5.56 Å². The molecule has 1 aliphatic heterocycles. The second-order valence-corrected chi connectivity index (χ2v) is 3.20. The first-order chi connectivity index (χ1) is 6.72. The zero-order valence-corrected chi connectivity index (χ0v) is 7.86. The van der Waals surface area contributed by atoms with E-state index in [1.165, 1.54) is 0 Å². The first-order valence-corrected chi connectivity index (χ1v) is 4.45. The summed E-state index contributed by atoms with van der Waals surface area (Å²) in [5.74, 6) is -0.275. The van der Waals surface area contributed by atoms with Gasteiger partial charge < -0.3 is 10.5 Å². The Morgan fingerprint density at radius 3 is 3.00 bits per heavy atom. The molecule has 0 saturated carbocycles. The predicted molar refractivity (Wildman–Crippen MR) is 53.8 cm³/mol. The molecule has 0 bridgehead atoms. The van der Waals surface area contributed by atoms with Gasteiger partial charge in [0.15, 0.2) is 0 Å². The number of nitrogen functional groups attached to an aromatic ring is 1. The van der Waals surface area contributed by atoms with Crippen LogP contribution in [0.3, 0.4) is 0 Å². The largest absolute Gasteiger partial charge is 0.450 e. The van der Waals surface area contributed by atoms with Gasteiger partial charge in [-0.3, -0.25) is 0 Å². The molecule has 1 aliphatic rings. The van der Waals surface area contributed by atoms with Crippen LogP contribution in [0.1, 0.15) is 28.9 Å². The first-order valence-electron chi connectivity index (χ1n) is 4.45. The van der Waals surface area contributed by atoms with E-state index in [1.807, 2.05) is 19.1 Å². The zero-order chi connectivity index (χ0) is 10.1. The van der Waals surface area contributed by atoms with Crippen molar-refractivity contribution in [2.24, 2.45) is 0 Å². The molecule has 1 atom stereocenters. The Morgan fingerprint density at radius 2 is 2.29 bits per heavy atom. The van der Waals surface area contributed by atoms with Crippen LogP contribution >= 0.6 is 0 Å². The van der Waals surface area contributed by atoms with Crippen LogP contribution in [0.2, 0.25) is 0 Å². The number of esters is 1. The van der Waals surface area contributed by atoms with Crippen LogP contribution in [0.4, 0.5) is 5.69 Å². The van der Waals surface area contributed by atoms with Gasteiger partial charge in [0.05, 0.1) is 5.56 Å². The summed E-state index contributed by atoms with van der Waals surface area (Å²) in [4.78, 5) is 11.4. The molecule has 3 nitrogen and oxygen atoms in total. The molecule has 0 spiro atoms. The van der Waals surface area contributed by atoms with Crippen LogP contribution in [0.15, 0.2) is 30.4 Å². The lowest BCUT2D eigenvalue weighted by Gasteiger charge is -2.04. The fourth-order valence-corrected chi connectivity index (χ4v) is 1.56. The number of anilines is 1. The van der Waals surface area contributed by atoms with Crippen LogP contribution in [0.5, 0.6) is 0 Å². The maximum absolute atomic E-state index is 11.4. The SMILES string of the molecule is C/C=C/C1OC(=O)c2ccc(N)cc21. The average Bonchev–Trinajstić information content (AvgIpc) is 2.44. The minimum Gasteiger partial charge on any atom is -0.450 e. The van der Waals surface area contributed by atoms with Gasteiger partial charge in [-0.2, -0.15) is 0 Å². The summed E-state index contributed by atoms with van der Waals surface area (Å²) in [6, 6.07) is 5.19. The molecular formula is C11H11NO2. The van der Waals surface area contributed by atoms with Gasteiger partial charge in [0, 0.05) is 11.3 Å². The summed E-state index contributed by atoms with van der Waals surface area (Å²) in [7, 11) is 0. The predicted octanol–water partition coefficient (Wildman–Crippen LogP) is 2.06. The van der Waals surface area contributed by atoms with Gasteiger partial charge in [-0.15, -0.1) is 0 Å². The number of rotatable bonds is 1. The maximum atomic E-state index is 11.4. The van der Waals surface area contributed by atoms with Crippen molar-refractivity contribution in [3.05, 3.63) is 41.5 Å². The lowest BCUT2D eigenvalue weighted by atomic mass is 10.0. The standard InChI is InChI=1S/C11H11NO2/c1-2-3-10-9-6-7(12)4-5-8(9)11(13)14-10/h2-6,10H,12H2,1H3/b3-2+. The van der Waals surface area contributed by atoms with E-state index in [-0.39, 0.29) is 12.1 Å². The van der Waals surface area contributed by atoms with Gasteiger partial charge in [-0.05, 0) is 31.2 Å². The third-order valence-electron chi connectivity index (χ3n) is 2.20. The Labute approximate surface area is 82.2 Å². The van der Waals surface area contributed by atoms with Gasteiger partial charge in [-0.1, -0.05) is 6.08 Å². The normalized spacial score (nSPS) is 19.8. The van der Waals surface area contributed by atoms with E-state index in [2.05, 4.69) is 0 Å². The van der Waals surface area contributed by atoms with E-state index in [1.54, 1.807) is 18.2 Å². The summed E-state index contributed by atoms with van der Waals surface area (Å²) in [5.41, 5.74) is 7.76. The summed E-state index contributed by atoms with van der Waals surface area (Å²) in [6.07, 6.45) is 3.42. The number of nitrogens with two attached hydrogens (primary N) is 1. The monoisotopic (exact) mass is 189 g/mol. The number of carbonyl (C=O) groups excluding carboxylic acids is 1. The second kappa shape index (κ2) is 3.18. The number of hydrogen-bond donors (Lipinski definition) is 1. The molecule has 1 aromatic rings. The van der Waals surface area contributed by atoms with Crippen LogP contribution in [0, 0.1) is 0 Å². The third-order valence-corrected chi connectivity index (χ3v) is 2.20. The Morgan fingerprint density at radius 1 is 1.50 bits per heavy atom. The quantitative estimate of drug-likeness (QED) is 0.418. The van der Waals surface area contributed by atoms with Gasteiger partial charge in [0.25, 0.3) is 0 Å². The molecule has 2 rings (SSSR count). The third kappa shape index (κ3) is 1.27. The number of hydrogen-bond acceptors (Lipinski definition) is 3. The first kappa shape index (κ1) is 8.81. The number of benzene rings is 1. The summed E-state index contributed by atoms with van der Waals surface area (Å²) in [6.45, 7) is 1.89. The van der Waals surface area contributed by atoms with E-state index in [9.17, 15) is 4.79 Å². The highest BCUT2D eigenvalue weighted by Crippen LogP contribution is 2.32. The van der Waals surface area contributed by atoms with Crippen molar-refractivity contribution >= 4 is 11.7 Å². The molecule has 14 heavy (non-hydrogen) atoms. The fraction of sp³-hybridized carbons (Fsp3) is 0.182. The summed E-state index contributed by atoms with van der Waals surface area (Å²) in [5, 5.41) is 0. The molecule has 3 heteroatoms. The Hall–Kier alpha value is -1.77. The molecule has 1 unspecified atom stereocenters. The Balaban J connectivity index is 2.50. The highest BCUT2D eigenvalue weighted by Gasteiger charge is 2.28. The van der Waals surface area contributed by atoms with Crippen LogP contribution in [-0.4, -0.2) is 5.97 Å². The van der Waals surface area contributed by atoms with E-state index < -0.39 is 0 Å². The molecular weight excluding hydrogens is 178 g/mol. The molecule has 72 valence electrons. The minimum atomic E-state index is -0.275. The molecule has 0 radical (unpaired) electrons. The average molecular weight is 189 g/mol. The topological polar surface area (TPSA) is 52.3 Å². The Bertz CT molecular complexity index is 410. The molecule has 0 aliphatic carbocycles. The molecule has 0 amide bonds. The van der Waals surface area contributed by atoms with E-state index in [0.29, 0.717) is 11.3 Å². The number of allylic oxidation sites excluding steroid dienone is 1. The highest BCUT2D eigenvalue weighted by molar-refractivity contribution is 5.94. The minimum absolute atomic E-state index is 0.272. The van der Waals surface area contributed by atoms with Crippen LogP contribution < -0.4 is 5.73 Å². The van der Waals surface area contributed by atoms with E-state index >= 15 is 0 Å². The molecule has 0 saturated heterocycles. The van der Waals surface area contributed by atoms with Gasteiger partial charge in [0.1, 0.15) is 6.10 Å². The van der Waals surface area contributed by atoms with Gasteiger partial charge in [-0.25, -0.2) is 4.79 Å². The molecule has 0 fully saturated rings.